The van der Waals surface area contributed by atoms with E-state index in [2.05, 4.69) is 5.32 Å². The fourth-order valence-electron chi connectivity index (χ4n) is 3.12. The Balaban J connectivity index is 2.00. The lowest BCUT2D eigenvalue weighted by Crippen LogP contribution is -2.44. The Kier molecular flexibility index (Phi) is 9.74. The number of benzene rings is 1. The van der Waals surface area contributed by atoms with Gasteiger partial charge in [-0.2, -0.15) is 0 Å². The highest BCUT2D eigenvalue weighted by molar-refractivity contribution is 5.81. The van der Waals surface area contributed by atoms with Crippen LogP contribution in [0, 0.1) is 17.0 Å². The van der Waals surface area contributed by atoms with Crippen LogP contribution in [0.25, 0.3) is 0 Å². The standard InChI is InChI=1S/C21H25N5O11/c1-12-8-25(20(31)23-19(12)30)9-17(27)24(10-18(28)29)5-4-22-21(32)37-11-13-6-15(35-2)16(36-3)7-14(13)26(33)34/h6-8H,4-5,9-11H2,1-3H3,(H,22,32)(H,28,29)(H,23,30,31). The molecular weight excluding hydrogens is 498 g/mol. The van der Waals surface area contributed by atoms with E-state index in [0.29, 0.717) is 0 Å². The number of carboxylic acid groups (broad SMARTS) is 1. The molecule has 0 saturated heterocycles. The number of aryl methyl sites for hydroxylation is 1. The first-order valence-electron chi connectivity index (χ1n) is 10.6. The maximum absolute atomic E-state index is 12.6. The summed E-state index contributed by atoms with van der Waals surface area (Å²) in [4.78, 5) is 72.8. The molecule has 0 saturated carbocycles. The van der Waals surface area contributed by atoms with Crippen molar-refractivity contribution in [2.24, 2.45) is 0 Å². The Morgan fingerprint density at radius 1 is 1.19 bits per heavy atom. The van der Waals surface area contributed by atoms with Crippen molar-refractivity contribution in [2.75, 3.05) is 33.9 Å². The second-order valence-electron chi connectivity index (χ2n) is 7.50. The largest absolute Gasteiger partial charge is 0.493 e. The first-order chi connectivity index (χ1) is 17.5. The van der Waals surface area contributed by atoms with E-state index in [0.717, 1.165) is 15.5 Å². The molecule has 3 N–H and O–H groups in total. The zero-order valence-electron chi connectivity index (χ0n) is 20.1. The Morgan fingerprint density at radius 3 is 2.43 bits per heavy atom. The number of amides is 2. The maximum atomic E-state index is 12.6. The summed E-state index contributed by atoms with van der Waals surface area (Å²) < 4.78 is 16.0. The number of carboxylic acids is 1. The molecule has 0 fully saturated rings. The molecule has 16 heteroatoms. The molecule has 0 unspecified atom stereocenters. The molecule has 0 radical (unpaired) electrons. The molecule has 1 heterocycles. The summed E-state index contributed by atoms with van der Waals surface area (Å²) in [6, 6.07) is 2.41. The molecular formula is C21H25N5O11. The molecule has 200 valence electrons. The lowest BCUT2D eigenvalue weighted by Gasteiger charge is -2.21. The number of H-pyrrole nitrogens is 1. The van der Waals surface area contributed by atoms with Gasteiger partial charge in [0, 0.05) is 24.8 Å². The number of carbonyl (C=O) groups is 3. The summed E-state index contributed by atoms with van der Waals surface area (Å²) in [5, 5.41) is 22.8. The van der Waals surface area contributed by atoms with Crippen molar-refractivity contribution in [1.29, 1.82) is 0 Å². The molecule has 16 nitrogen and oxygen atoms in total. The van der Waals surface area contributed by atoms with Crippen LogP contribution in [0.5, 0.6) is 11.5 Å². The third-order valence-electron chi connectivity index (χ3n) is 4.96. The maximum Gasteiger partial charge on any atom is 0.407 e. The lowest BCUT2D eigenvalue weighted by atomic mass is 10.1. The van der Waals surface area contributed by atoms with Gasteiger partial charge in [0.25, 0.3) is 11.2 Å². The Hall–Kier alpha value is -4.89. The Morgan fingerprint density at radius 2 is 1.84 bits per heavy atom. The van der Waals surface area contributed by atoms with Gasteiger partial charge >= 0.3 is 17.8 Å². The van der Waals surface area contributed by atoms with E-state index in [1.807, 2.05) is 4.98 Å². The first-order valence-corrected chi connectivity index (χ1v) is 10.6. The second-order valence-corrected chi connectivity index (χ2v) is 7.50. The van der Waals surface area contributed by atoms with Crippen LogP contribution in [0.3, 0.4) is 0 Å². The summed E-state index contributed by atoms with van der Waals surface area (Å²) in [6.45, 7) is -0.809. The van der Waals surface area contributed by atoms with Crippen LogP contribution < -0.4 is 26.0 Å². The number of rotatable bonds is 12. The summed E-state index contributed by atoms with van der Waals surface area (Å²) in [7, 11) is 2.64. The van der Waals surface area contributed by atoms with Crippen LogP contribution in [0.15, 0.2) is 27.9 Å². The lowest BCUT2D eigenvalue weighted by molar-refractivity contribution is -0.385. The van der Waals surface area contributed by atoms with E-state index < -0.39 is 53.8 Å². The highest BCUT2D eigenvalue weighted by Crippen LogP contribution is 2.34. The van der Waals surface area contributed by atoms with E-state index >= 15 is 0 Å². The van der Waals surface area contributed by atoms with Crippen molar-refractivity contribution >= 4 is 23.7 Å². The smallest absolute Gasteiger partial charge is 0.407 e. The average Bonchev–Trinajstić information content (AvgIpc) is 2.84. The molecule has 2 amide bonds. The van der Waals surface area contributed by atoms with Gasteiger partial charge in [-0.1, -0.05) is 0 Å². The number of nitrogens with zero attached hydrogens (tertiary/aromatic N) is 3. The predicted octanol–water partition coefficient (Wildman–Crippen LogP) is -0.390. The van der Waals surface area contributed by atoms with Gasteiger partial charge in [0.15, 0.2) is 11.5 Å². The molecule has 0 aliphatic heterocycles. The number of aromatic nitrogens is 2. The predicted molar refractivity (Wildman–Crippen MR) is 125 cm³/mol. The molecule has 0 atom stereocenters. The quantitative estimate of drug-likeness (QED) is 0.241. The molecule has 37 heavy (non-hydrogen) atoms. The topological polar surface area (TPSA) is 212 Å². The van der Waals surface area contributed by atoms with E-state index in [9.17, 15) is 34.1 Å². The van der Waals surface area contributed by atoms with Crippen LogP contribution in [0.4, 0.5) is 10.5 Å². The van der Waals surface area contributed by atoms with Crippen molar-refractivity contribution in [1.82, 2.24) is 19.8 Å². The number of aromatic amines is 1. The normalized spacial score (nSPS) is 10.4. The zero-order valence-corrected chi connectivity index (χ0v) is 20.1. The molecule has 1 aromatic heterocycles. The number of nitro benzene ring substituents is 1. The van der Waals surface area contributed by atoms with E-state index in [-0.39, 0.29) is 41.4 Å². The van der Waals surface area contributed by atoms with Gasteiger partial charge in [0.2, 0.25) is 5.91 Å². The third kappa shape index (κ3) is 7.81. The van der Waals surface area contributed by atoms with Crippen molar-refractivity contribution in [3.63, 3.8) is 0 Å². The number of nitro groups is 1. The minimum absolute atomic E-state index is 0.0297. The van der Waals surface area contributed by atoms with Gasteiger partial charge in [-0.25, -0.2) is 9.59 Å². The van der Waals surface area contributed by atoms with Crippen LogP contribution in [0.1, 0.15) is 11.1 Å². The monoisotopic (exact) mass is 523 g/mol. The molecule has 0 aliphatic rings. The van der Waals surface area contributed by atoms with Crippen LogP contribution in [0.2, 0.25) is 0 Å². The molecule has 0 bridgehead atoms. The van der Waals surface area contributed by atoms with Crippen molar-refractivity contribution < 1.29 is 38.6 Å². The molecule has 2 aromatic rings. The van der Waals surface area contributed by atoms with E-state index in [1.54, 1.807) is 0 Å². The van der Waals surface area contributed by atoms with Crippen LogP contribution in [-0.4, -0.2) is 76.3 Å². The summed E-state index contributed by atoms with van der Waals surface area (Å²) in [6.07, 6.45) is 0.181. The molecule has 2 rings (SSSR count). The second kappa shape index (κ2) is 12.7. The Bertz CT molecular complexity index is 1300. The van der Waals surface area contributed by atoms with Gasteiger partial charge in [0.05, 0.1) is 30.8 Å². The minimum atomic E-state index is -1.33. The number of aliphatic carboxylic acids is 1. The summed E-state index contributed by atoms with van der Waals surface area (Å²) in [5.41, 5.74) is -1.61. The highest BCUT2D eigenvalue weighted by Gasteiger charge is 2.21. The minimum Gasteiger partial charge on any atom is -0.493 e. The van der Waals surface area contributed by atoms with Crippen LogP contribution >= 0.6 is 0 Å². The van der Waals surface area contributed by atoms with Crippen molar-refractivity contribution in [3.8, 4) is 11.5 Å². The highest BCUT2D eigenvalue weighted by atomic mass is 16.6. The molecule has 0 spiro atoms. The molecule has 0 aliphatic carbocycles. The zero-order chi connectivity index (χ0) is 27.7. The van der Waals surface area contributed by atoms with Gasteiger partial charge in [-0.05, 0) is 13.0 Å². The van der Waals surface area contributed by atoms with Gasteiger partial charge < -0.3 is 29.5 Å². The number of methoxy groups -OCH3 is 2. The van der Waals surface area contributed by atoms with Gasteiger partial charge in [-0.15, -0.1) is 0 Å². The van der Waals surface area contributed by atoms with E-state index in [4.69, 9.17) is 19.3 Å². The first kappa shape index (κ1) is 28.3. The molecule has 1 aromatic carbocycles. The number of ether oxygens (including phenoxy) is 3. The van der Waals surface area contributed by atoms with Gasteiger partial charge in [0.1, 0.15) is 19.7 Å². The fraction of sp³-hybridized carbons (Fsp3) is 0.381. The number of nitrogens with one attached hydrogen (secondary N) is 2. The fourth-order valence-corrected chi connectivity index (χ4v) is 3.12. The van der Waals surface area contributed by atoms with E-state index in [1.165, 1.54) is 33.4 Å². The number of alkyl carbamates (subject to hydrolysis) is 1. The number of hydrogen-bond donors (Lipinski definition) is 3. The SMILES string of the molecule is COc1cc(COC(=O)NCCN(CC(=O)O)C(=O)Cn2cc(C)c(=O)[nH]c2=O)c([N+](=O)[O-])cc1OC. The average molecular weight is 523 g/mol. The van der Waals surface area contributed by atoms with Crippen molar-refractivity contribution in [2.45, 2.75) is 20.1 Å². The third-order valence-corrected chi connectivity index (χ3v) is 4.96. The van der Waals surface area contributed by atoms with Gasteiger partial charge in [-0.3, -0.25) is 34.0 Å². The number of hydrogen-bond acceptors (Lipinski definition) is 10. The van der Waals surface area contributed by atoms with Crippen molar-refractivity contribution in [3.05, 3.63) is 60.4 Å². The summed E-state index contributed by atoms with van der Waals surface area (Å²) >= 11 is 0. The summed E-state index contributed by atoms with van der Waals surface area (Å²) in [5.74, 6) is -1.79. The number of carbonyl (C=O) groups excluding carboxylic acids is 2. The Labute approximate surface area is 208 Å². The van der Waals surface area contributed by atoms with Crippen LogP contribution in [-0.2, 0) is 27.5 Å².